The lowest BCUT2D eigenvalue weighted by Gasteiger charge is -2.32. The van der Waals surface area contributed by atoms with Crippen LogP contribution in [0, 0.1) is 12.7 Å². The van der Waals surface area contributed by atoms with Gasteiger partial charge in [-0.25, -0.2) is 9.37 Å². The van der Waals surface area contributed by atoms with Crippen molar-refractivity contribution in [1.82, 2.24) is 4.98 Å². The molecule has 0 aromatic carbocycles. The highest BCUT2D eigenvalue weighted by Crippen LogP contribution is 2.48. The van der Waals surface area contributed by atoms with Crippen LogP contribution in [0.1, 0.15) is 12.5 Å². The van der Waals surface area contributed by atoms with Crippen molar-refractivity contribution < 1.29 is 13.5 Å². The van der Waals surface area contributed by atoms with E-state index in [0.29, 0.717) is 37.8 Å². The molecule has 0 aliphatic carbocycles. The quantitative estimate of drug-likeness (QED) is 0.793. The molecule has 1 aromatic heterocycles. The van der Waals surface area contributed by atoms with Gasteiger partial charge in [0, 0.05) is 31.6 Å². The number of aromatic nitrogens is 1. The Morgan fingerprint density at radius 1 is 1.50 bits per heavy atom. The largest absolute Gasteiger partial charge is 0.353 e. The zero-order valence-corrected chi connectivity index (χ0v) is 11.6. The molecule has 0 atom stereocenters. The average molecular weight is 272 g/mol. The fraction of sp³-hybridized carbons (Fsp3) is 0.583. The first kappa shape index (κ1) is 13.5. The van der Waals surface area contributed by atoms with Gasteiger partial charge < -0.3 is 9.42 Å². The van der Waals surface area contributed by atoms with Gasteiger partial charge in [0.2, 0.25) is 7.37 Å². The number of hydrogen-bond donors (Lipinski definition) is 0. The summed E-state index contributed by atoms with van der Waals surface area (Å²) in [5.41, 5.74) is 0.799. The van der Waals surface area contributed by atoms with Crippen molar-refractivity contribution >= 4 is 13.2 Å². The number of anilines is 1. The highest BCUT2D eigenvalue weighted by molar-refractivity contribution is 7.59. The first-order valence-electron chi connectivity index (χ1n) is 6.14. The molecule has 2 heterocycles. The summed E-state index contributed by atoms with van der Waals surface area (Å²) in [7, 11) is -2.49. The Balaban J connectivity index is 2.08. The summed E-state index contributed by atoms with van der Waals surface area (Å²) >= 11 is 0. The van der Waals surface area contributed by atoms with Gasteiger partial charge in [0.05, 0.1) is 6.61 Å². The lowest BCUT2D eigenvalue weighted by Crippen LogP contribution is -2.36. The van der Waals surface area contributed by atoms with Crippen LogP contribution in [0.3, 0.4) is 0 Å². The third-order valence-electron chi connectivity index (χ3n) is 3.04. The summed E-state index contributed by atoms with van der Waals surface area (Å²) in [6.07, 6.45) is 2.58. The van der Waals surface area contributed by atoms with Crippen LogP contribution < -0.4 is 4.90 Å². The van der Waals surface area contributed by atoms with Crippen LogP contribution >= 0.6 is 7.37 Å². The Morgan fingerprint density at radius 3 is 2.72 bits per heavy atom. The second-order valence-electron chi connectivity index (χ2n) is 4.48. The van der Waals surface area contributed by atoms with Gasteiger partial charge in [0.15, 0.2) is 11.6 Å². The highest BCUT2D eigenvalue weighted by Gasteiger charge is 2.30. The van der Waals surface area contributed by atoms with Crippen molar-refractivity contribution in [3.05, 3.63) is 23.6 Å². The van der Waals surface area contributed by atoms with Crippen molar-refractivity contribution in [2.45, 2.75) is 13.8 Å². The van der Waals surface area contributed by atoms with E-state index >= 15 is 0 Å². The van der Waals surface area contributed by atoms with Crippen LogP contribution in [0.5, 0.6) is 0 Å². The van der Waals surface area contributed by atoms with Gasteiger partial charge in [0.1, 0.15) is 0 Å². The summed E-state index contributed by atoms with van der Waals surface area (Å²) in [4.78, 5) is 5.95. The van der Waals surface area contributed by atoms with Crippen molar-refractivity contribution in [1.29, 1.82) is 0 Å². The van der Waals surface area contributed by atoms with Crippen LogP contribution in [0.25, 0.3) is 0 Å². The van der Waals surface area contributed by atoms with Crippen LogP contribution in [-0.2, 0) is 9.09 Å². The Hall–Kier alpha value is -0.930. The van der Waals surface area contributed by atoms with Gasteiger partial charge in [-0.1, -0.05) is 0 Å². The molecule has 0 radical (unpaired) electrons. The molecule has 0 unspecified atom stereocenters. The van der Waals surface area contributed by atoms with Gasteiger partial charge in [0.25, 0.3) is 0 Å². The third kappa shape index (κ3) is 2.90. The van der Waals surface area contributed by atoms with Gasteiger partial charge in [-0.05, 0) is 25.5 Å². The molecule has 100 valence electrons. The average Bonchev–Trinajstić information content (AvgIpc) is 2.31. The molecule has 18 heavy (non-hydrogen) atoms. The van der Waals surface area contributed by atoms with E-state index in [-0.39, 0.29) is 5.82 Å². The molecule has 1 saturated heterocycles. The first-order valence-corrected chi connectivity index (χ1v) is 8.13. The molecule has 0 N–H and O–H groups in total. The van der Waals surface area contributed by atoms with Crippen LogP contribution in [0.4, 0.5) is 10.2 Å². The number of aryl methyl sites for hydroxylation is 1. The zero-order valence-electron chi connectivity index (χ0n) is 10.7. The molecule has 0 amide bonds. The van der Waals surface area contributed by atoms with E-state index in [1.165, 1.54) is 6.07 Å². The lowest BCUT2D eigenvalue weighted by atomic mass is 10.3. The summed E-state index contributed by atoms with van der Waals surface area (Å²) in [6.45, 7) is 5.18. The number of nitrogens with zero attached hydrogens (tertiary/aromatic N) is 2. The predicted octanol–water partition coefficient (Wildman–Crippen LogP) is 2.66. The Bertz CT molecular complexity index is 469. The van der Waals surface area contributed by atoms with Crippen molar-refractivity contribution in [2.24, 2.45) is 0 Å². The van der Waals surface area contributed by atoms with E-state index < -0.39 is 7.37 Å². The second kappa shape index (κ2) is 5.37. The minimum Gasteiger partial charge on any atom is -0.353 e. The van der Waals surface area contributed by atoms with E-state index in [1.807, 2.05) is 11.8 Å². The number of pyridine rings is 1. The zero-order chi connectivity index (χ0) is 13.2. The van der Waals surface area contributed by atoms with E-state index in [4.69, 9.17) is 4.52 Å². The van der Waals surface area contributed by atoms with E-state index in [2.05, 4.69) is 4.98 Å². The van der Waals surface area contributed by atoms with Crippen LogP contribution in [0.2, 0.25) is 0 Å². The fourth-order valence-electron chi connectivity index (χ4n) is 2.10. The molecule has 1 aromatic rings. The third-order valence-corrected chi connectivity index (χ3v) is 5.54. The van der Waals surface area contributed by atoms with Crippen molar-refractivity contribution in [3.8, 4) is 0 Å². The maximum absolute atomic E-state index is 13.8. The summed E-state index contributed by atoms with van der Waals surface area (Å²) in [5, 5.41) is 0. The Labute approximate surface area is 107 Å². The van der Waals surface area contributed by atoms with E-state index in [9.17, 15) is 8.96 Å². The number of halogens is 1. The van der Waals surface area contributed by atoms with Crippen molar-refractivity contribution in [2.75, 3.05) is 36.9 Å². The Morgan fingerprint density at radius 2 is 2.17 bits per heavy atom. The topological polar surface area (TPSA) is 42.4 Å². The predicted molar refractivity (Wildman–Crippen MR) is 70.1 cm³/mol. The fourth-order valence-corrected chi connectivity index (χ4v) is 4.15. The minimum atomic E-state index is -2.49. The Kier molecular flexibility index (Phi) is 4.03. The maximum Gasteiger partial charge on any atom is 0.206 e. The SMILES string of the molecule is CCOP1(=O)CCN(c2ncc(C)cc2F)CC1. The smallest absolute Gasteiger partial charge is 0.206 e. The summed E-state index contributed by atoms with van der Waals surface area (Å²) in [6, 6.07) is 1.47. The van der Waals surface area contributed by atoms with E-state index in [1.54, 1.807) is 13.1 Å². The molecule has 0 spiro atoms. The molecular formula is C12H18FN2O2P. The molecule has 1 fully saturated rings. The van der Waals surface area contributed by atoms with Gasteiger partial charge in [-0.2, -0.15) is 0 Å². The molecule has 6 heteroatoms. The van der Waals surface area contributed by atoms with E-state index in [0.717, 1.165) is 5.56 Å². The molecule has 2 rings (SSSR count). The molecule has 4 nitrogen and oxygen atoms in total. The molecule has 1 aliphatic rings. The monoisotopic (exact) mass is 272 g/mol. The number of hydrogen-bond acceptors (Lipinski definition) is 4. The van der Waals surface area contributed by atoms with Crippen LogP contribution in [-0.4, -0.2) is 37.0 Å². The lowest BCUT2D eigenvalue weighted by molar-refractivity contribution is 0.330. The second-order valence-corrected chi connectivity index (χ2v) is 7.27. The number of rotatable bonds is 3. The normalized spacial score (nSPS) is 18.9. The van der Waals surface area contributed by atoms with Crippen molar-refractivity contribution in [3.63, 3.8) is 0 Å². The van der Waals surface area contributed by atoms with Gasteiger partial charge >= 0.3 is 0 Å². The molecule has 0 bridgehead atoms. The standard InChI is InChI=1S/C12H18FN2O2P/c1-3-17-18(16)6-4-15(5-7-18)12-11(13)8-10(2)9-14-12/h8-9H,3-7H2,1-2H3. The van der Waals surface area contributed by atoms with Gasteiger partial charge in [-0.15, -0.1) is 0 Å². The molecule has 1 aliphatic heterocycles. The highest BCUT2D eigenvalue weighted by atomic mass is 31.2. The maximum atomic E-state index is 13.8. The first-order chi connectivity index (χ1) is 8.54. The minimum absolute atomic E-state index is 0.317. The summed E-state index contributed by atoms with van der Waals surface area (Å²) in [5.74, 6) is 0.0338. The molecule has 0 saturated carbocycles. The van der Waals surface area contributed by atoms with Gasteiger partial charge in [-0.3, -0.25) is 4.57 Å². The molecular weight excluding hydrogens is 254 g/mol. The van der Waals surface area contributed by atoms with Crippen LogP contribution in [0.15, 0.2) is 12.3 Å². The summed E-state index contributed by atoms with van der Waals surface area (Å²) < 4.78 is 31.3.